The summed E-state index contributed by atoms with van der Waals surface area (Å²) in [6.07, 6.45) is 0.478. The van der Waals surface area contributed by atoms with E-state index < -0.39 is 27.4 Å². The van der Waals surface area contributed by atoms with Crippen LogP contribution >= 0.6 is 0 Å². The number of nitrogens with two attached hydrogens (primary N) is 2. The minimum atomic E-state index is -0.838. The Kier molecular flexibility index (Phi) is 3.08. The van der Waals surface area contributed by atoms with Crippen LogP contribution in [0.15, 0.2) is 24.8 Å². The highest BCUT2D eigenvalue weighted by atomic mass is 16.6. The fraction of sp³-hybridized carbons (Fsp3) is 0.100. The van der Waals surface area contributed by atoms with E-state index in [-0.39, 0.29) is 16.7 Å². The van der Waals surface area contributed by atoms with Gasteiger partial charge in [0.1, 0.15) is 6.17 Å². The molecule has 0 saturated heterocycles. The third-order valence-electron chi connectivity index (χ3n) is 2.73. The molecule has 0 spiro atoms. The second kappa shape index (κ2) is 4.59. The van der Waals surface area contributed by atoms with Gasteiger partial charge >= 0.3 is 5.69 Å². The number of nitrogens with zero attached hydrogens (tertiary/aromatic N) is 4. The lowest BCUT2D eigenvalue weighted by atomic mass is 10.2. The number of hydrogen-bond acceptors (Lipinski definition) is 7. The predicted octanol–water partition coefficient (Wildman–Crippen LogP) is 1.08. The molecule has 1 aromatic heterocycles. The van der Waals surface area contributed by atoms with E-state index in [4.69, 9.17) is 11.5 Å². The van der Waals surface area contributed by atoms with Crippen LogP contribution < -0.4 is 11.5 Å². The summed E-state index contributed by atoms with van der Waals surface area (Å²) in [7, 11) is 0. The van der Waals surface area contributed by atoms with Gasteiger partial charge in [0, 0.05) is 6.07 Å². The maximum Gasteiger partial charge on any atom is 0.302 e. The first kappa shape index (κ1) is 13.4. The summed E-state index contributed by atoms with van der Waals surface area (Å²) in [6, 6.07) is 1.97. The molecule has 2 aromatic rings. The Morgan fingerprint density at radius 3 is 2.50 bits per heavy atom. The van der Waals surface area contributed by atoms with E-state index in [1.54, 1.807) is 0 Å². The van der Waals surface area contributed by atoms with E-state index in [2.05, 4.69) is 11.7 Å². The minimum Gasteiger partial charge on any atom is -0.382 e. The summed E-state index contributed by atoms with van der Waals surface area (Å²) in [5, 5.41) is 25.9. The molecule has 0 bridgehead atoms. The summed E-state index contributed by atoms with van der Waals surface area (Å²) in [5.41, 5.74) is 10.4. The normalized spacial score (nSPS) is 12.2. The smallest absolute Gasteiger partial charge is 0.302 e. The first-order valence-corrected chi connectivity index (χ1v) is 5.35. The Labute approximate surface area is 111 Å². The molecule has 104 valence electrons. The third kappa shape index (κ3) is 1.93. The maximum absolute atomic E-state index is 11.1. The highest BCUT2D eigenvalue weighted by Crippen LogP contribution is 2.34. The topological polar surface area (TPSA) is 156 Å². The van der Waals surface area contributed by atoms with Gasteiger partial charge in [-0.25, -0.2) is 4.68 Å². The highest BCUT2D eigenvalue weighted by Gasteiger charge is 2.26. The number of anilines is 1. The number of nitrogen functional groups attached to an aromatic ring is 1. The van der Waals surface area contributed by atoms with Gasteiger partial charge in [0.15, 0.2) is 11.3 Å². The molecule has 2 rings (SSSR count). The van der Waals surface area contributed by atoms with Crippen molar-refractivity contribution in [2.24, 2.45) is 5.73 Å². The molecule has 1 atom stereocenters. The molecule has 0 saturated carbocycles. The highest BCUT2D eigenvalue weighted by molar-refractivity contribution is 5.97. The van der Waals surface area contributed by atoms with Crippen LogP contribution in [0.1, 0.15) is 6.17 Å². The van der Waals surface area contributed by atoms with Gasteiger partial charge in [-0.15, -0.1) is 0 Å². The Hall–Kier alpha value is -3.01. The zero-order valence-electron chi connectivity index (χ0n) is 10.1. The minimum absolute atomic E-state index is 0.0190. The first-order valence-electron chi connectivity index (χ1n) is 5.35. The molecule has 10 nitrogen and oxygen atoms in total. The van der Waals surface area contributed by atoms with E-state index in [9.17, 15) is 20.2 Å². The lowest BCUT2D eigenvalue weighted by molar-refractivity contribution is -0.393. The van der Waals surface area contributed by atoms with Gasteiger partial charge in [-0.3, -0.25) is 20.2 Å². The Balaban J connectivity index is 2.92. The molecule has 0 radical (unpaired) electrons. The summed E-state index contributed by atoms with van der Waals surface area (Å²) in [6.45, 7) is 3.47. The zero-order valence-corrected chi connectivity index (χ0v) is 10.1. The average molecular weight is 278 g/mol. The van der Waals surface area contributed by atoms with E-state index in [0.717, 1.165) is 16.8 Å². The van der Waals surface area contributed by atoms with Crippen LogP contribution in [-0.4, -0.2) is 19.6 Å². The fourth-order valence-electron chi connectivity index (χ4n) is 1.82. The predicted molar refractivity (Wildman–Crippen MR) is 70.9 cm³/mol. The monoisotopic (exact) mass is 278 g/mol. The molecule has 0 amide bonds. The lowest BCUT2D eigenvalue weighted by Gasteiger charge is -2.07. The summed E-state index contributed by atoms with van der Waals surface area (Å²) >= 11 is 0. The molecule has 1 heterocycles. The molecule has 20 heavy (non-hydrogen) atoms. The van der Waals surface area contributed by atoms with E-state index in [0.29, 0.717) is 0 Å². The SMILES string of the molecule is C=CC(N)n1nc(N)c2cc([N+](=O)[O-])cc([N+](=O)[O-])c21. The number of hydrogen-bond donors (Lipinski definition) is 2. The molecular formula is C10H10N6O4. The first-order chi connectivity index (χ1) is 9.36. The zero-order chi connectivity index (χ0) is 15.0. The maximum atomic E-state index is 11.1. The van der Waals surface area contributed by atoms with Gasteiger partial charge < -0.3 is 11.5 Å². The van der Waals surface area contributed by atoms with Crippen LogP contribution in [0, 0.1) is 20.2 Å². The molecule has 0 aliphatic carbocycles. The summed E-state index contributed by atoms with van der Waals surface area (Å²) < 4.78 is 1.11. The lowest BCUT2D eigenvalue weighted by Crippen LogP contribution is -2.17. The van der Waals surface area contributed by atoms with Crippen molar-refractivity contribution in [1.29, 1.82) is 0 Å². The van der Waals surface area contributed by atoms with Crippen molar-refractivity contribution in [2.45, 2.75) is 6.17 Å². The average Bonchev–Trinajstić information content (AvgIpc) is 2.74. The van der Waals surface area contributed by atoms with Gasteiger partial charge in [0.05, 0.1) is 21.3 Å². The quantitative estimate of drug-likeness (QED) is 0.481. The third-order valence-corrected chi connectivity index (χ3v) is 2.73. The second-order valence-electron chi connectivity index (χ2n) is 3.93. The van der Waals surface area contributed by atoms with Gasteiger partial charge in [0.2, 0.25) is 0 Å². The number of aromatic nitrogens is 2. The molecule has 0 aliphatic heterocycles. The Morgan fingerprint density at radius 1 is 1.35 bits per heavy atom. The Morgan fingerprint density at radius 2 is 2.00 bits per heavy atom. The van der Waals surface area contributed by atoms with Crippen molar-refractivity contribution in [1.82, 2.24) is 9.78 Å². The summed E-state index contributed by atoms with van der Waals surface area (Å²) in [5.74, 6) is -0.0795. The van der Waals surface area contributed by atoms with Crippen LogP contribution in [-0.2, 0) is 0 Å². The van der Waals surface area contributed by atoms with Crippen molar-refractivity contribution < 1.29 is 9.85 Å². The number of nitro benzene ring substituents is 2. The van der Waals surface area contributed by atoms with Gasteiger partial charge in [-0.05, 0) is 0 Å². The number of rotatable bonds is 4. The molecule has 10 heteroatoms. The Bertz CT molecular complexity index is 737. The number of non-ortho nitro benzene ring substituents is 2. The van der Waals surface area contributed by atoms with Gasteiger partial charge in [-0.2, -0.15) is 5.10 Å². The van der Waals surface area contributed by atoms with Gasteiger partial charge in [0.25, 0.3) is 5.69 Å². The van der Waals surface area contributed by atoms with Crippen LogP contribution in [0.4, 0.5) is 17.2 Å². The van der Waals surface area contributed by atoms with Crippen LogP contribution in [0.5, 0.6) is 0 Å². The van der Waals surface area contributed by atoms with Gasteiger partial charge in [-0.1, -0.05) is 12.7 Å². The van der Waals surface area contributed by atoms with E-state index in [1.165, 1.54) is 6.08 Å². The standard InChI is InChI=1S/C10H10N6O4/c1-2-8(11)14-9-6(10(12)13-14)3-5(15(17)18)4-7(9)16(19)20/h2-4,8H,1,11H2,(H2,12,13). The summed E-state index contributed by atoms with van der Waals surface area (Å²) in [4.78, 5) is 20.4. The molecule has 1 unspecified atom stereocenters. The van der Waals surface area contributed by atoms with Crippen molar-refractivity contribution >= 4 is 28.1 Å². The molecule has 0 fully saturated rings. The van der Waals surface area contributed by atoms with Crippen molar-refractivity contribution in [3.05, 3.63) is 45.0 Å². The molecule has 0 aliphatic rings. The van der Waals surface area contributed by atoms with Crippen molar-refractivity contribution in [2.75, 3.05) is 5.73 Å². The number of fused-ring (bicyclic) bond motifs is 1. The van der Waals surface area contributed by atoms with Crippen LogP contribution in [0.3, 0.4) is 0 Å². The number of nitro groups is 2. The number of benzene rings is 1. The molecule has 1 aromatic carbocycles. The largest absolute Gasteiger partial charge is 0.382 e. The van der Waals surface area contributed by atoms with E-state index >= 15 is 0 Å². The van der Waals surface area contributed by atoms with E-state index in [1.807, 2.05) is 0 Å². The second-order valence-corrected chi connectivity index (χ2v) is 3.93. The van der Waals surface area contributed by atoms with Crippen molar-refractivity contribution in [3.63, 3.8) is 0 Å². The molecule has 4 N–H and O–H groups in total. The van der Waals surface area contributed by atoms with Crippen LogP contribution in [0.25, 0.3) is 10.9 Å². The molecular weight excluding hydrogens is 268 g/mol. The van der Waals surface area contributed by atoms with Crippen LogP contribution in [0.2, 0.25) is 0 Å². The van der Waals surface area contributed by atoms with Crippen molar-refractivity contribution in [3.8, 4) is 0 Å². The fourth-order valence-corrected chi connectivity index (χ4v) is 1.82.